The maximum absolute atomic E-state index is 11.8. The van der Waals surface area contributed by atoms with Gasteiger partial charge in [-0.2, -0.15) is 0 Å². The standard InChI is InChI=1S/C20H27N5O2/c1-4-27-20(26)25-9-7-16(8-10-25)23-18-12-19(22-13-21-18)24-17-6-5-14(2)11-15(17)3/h5-6,11-13,16H,4,7-10H2,1-3H3,(H2,21,22,23,24). The largest absolute Gasteiger partial charge is 0.450 e. The predicted molar refractivity (Wildman–Crippen MR) is 106 cm³/mol. The molecule has 0 radical (unpaired) electrons. The van der Waals surface area contributed by atoms with Gasteiger partial charge in [-0.1, -0.05) is 17.7 Å². The summed E-state index contributed by atoms with van der Waals surface area (Å²) in [6, 6.07) is 8.47. The van der Waals surface area contributed by atoms with Crippen LogP contribution in [0.1, 0.15) is 30.9 Å². The van der Waals surface area contributed by atoms with Gasteiger partial charge in [0.2, 0.25) is 0 Å². The Hall–Kier alpha value is -2.83. The number of hydrogen-bond acceptors (Lipinski definition) is 6. The van der Waals surface area contributed by atoms with Gasteiger partial charge >= 0.3 is 6.09 Å². The number of nitrogens with zero attached hydrogens (tertiary/aromatic N) is 3. The molecule has 1 aliphatic rings. The Morgan fingerprint density at radius 2 is 1.93 bits per heavy atom. The van der Waals surface area contributed by atoms with Crippen LogP contribution >= 0.6 is 0 Å². The van der Waals surface area contributed by atoms with Crippen LogP contribution in [0.15, 0.2) is 30.6 Å². The van der Waals surface area contributed by atoms with Crippen LogP contribution in [0.2, 0.25) is 0 Å². The molecule has 0 spiro atoms. The monoisotopic (exact) mass is 369 g/mol. The van der Waals surface area contributed by atoms with Crippen molar-refractivity contribution < 1.29 is 9.53 Å². The van der Waals surface area contributed by atoms with Crippen molar-refractivity contribution in [2.24, 2.45) is 0 Å². The molecule has 3 rings (SSSR count). The van der Waals surface area contributed by atoms with Crippen LogP contribution in [0.5, 0.6) is 0 Å². The number of anilines is 3. The Bertz CT molecular complexity index is 788. The van der Waals surface area contributed by atoms with Gasteiger partial charge in [0.15, 0.2) is 0 Å². The molecule has 0 atom stereocenters. The summed E-state index contributed by atoms with van der Waals surface area (Å²) in [6.45, 7) is 7.77. The molecule has 0 bridgehead atoms. The third kappa shape index (κ3) is 5.09. The van der Waals surface area contributed by atoms with Crippen molar-refractivity contribution in [3.8, 4) is 0 Å². The fraction of sp³-hybridized carbons (Fsp3) is 0.450. The number of benzene rings is 1. The number of nitrogens with one attached hydrogen (secondary N) is 2. The molecule has 1 aliphatic heterocycles. The van der Waals surface area contributed by atoms with Gasteiger partial charge in [-0.15, -0.1) is 0 Å². The zero-order valence-corrected chi connectivity index (χ0v) is 16.2. The lowest BCUT2D eigenvalue weighted by molar-refractivity contribution is 0.0983. The van der Waals surface area contributed by atoms with Crippen LogP contribution in [0.3, 0.4) is 0 Å². The summed E-state index contributed by atoms with van der Waals surface area (Å²) < 4.78 is 5.06. The van der Waals surface area contributed by atoms with E-state index in [-0.39, 0.29) is 12.1 Å². The SMILES string of the molecule is CCOC(=O)N1CCC(Nc2cc(Nc3ccc(C)cc3C)ncn2)CC1. The van der Waals surface area contributed by atoms with Crippen LogP contribution in [-0.2, 0) is 4.74 Å². The Balaban J connectivity index is 1.57. The second kappa shape index (κ2) is 8.70. The van der Waals surface area contributed by atoms with E-state index in [1.807, 2.05) is 13.0 Å². The molecule has 7 nitrogen and oxygen atoms in total. The van der Waals surface area contributed by atoms with Crippen molar-refractivity contribution in [3.05, 3.63) is 41.7 Å². The number of piperidine rings is 1. The normalized spacial score (nSPS) is 14.7. The summed E-state index contributed by atoms with van der Waals surface area (Å²) >= 11 is 0. The number of rotatable bonds is 5. The van der Waals surface area contributed by atoms with Crippen LogP contribution in [-0.4, -0.2) is 46.7 Å². The van der Waals surface area contributed by atoms with Crippen molar-refractivity contribution in [3.63, 3.8) is 0 Å². The molecule has 0 aliphatic carbocycles. The number of amides is 1. The molecule has 0 unspecified atom stereocenters. The Labute approximate surface area is 160 Å². The number of likely N-dealkylation sites (tertiary alicyclic amines) is 1. The summed E-state index contributed by atoms with van der Waals surface area (Å²) in [5.41, 5.74) is 3.44. The van der Waals surface area contributed by atoms with E-state index >= 15 is 0 Å². The molecule has 1 fully saturated rings. The second-order valence-electron chi connectivity index (χ2n) is 6.84. The number of carbonyl (C=O) groups is 1. The van der Waals surface area contributed by atoms with Gasteiger partial charge < -0.3 is 20.3 Å². The lowest BCUT2D eigenvalue weighted by Crippen LogP contribution is -2.42. The van der Waals surface area contributed by atoms with Gasteiger partial charge in [0, 0.05) is 30.9 Å². The van der Waals surface area contributed by atoms with Gasteiger partial charge in [0.05, 0.1) is 6.61 Å². The smallest absolute Gasteiger partial charge is 0.409 e. The van der Waals surface area contributed by atoms with E-state index in [4.69, 9.17) is 4.74 Å². The lowest BCUT2D eigenvalue weighted by Gasteiger charge is -2.31. The molecule has 1 aromatic carbocycles. The topological polar surface area (TPSA) is 79.4 Å². The summed E-state index contributed by atoms with van der Waals surface area (Å²) in [4.78, 5) is 22.2. The summed E-state index contributed by atoms with van der Waals surface area (Å²) in [5.74, 6) is 1.54. The number of aromatic nitrogens is 2. The molecule has 27 heavy (non-hydrogen) atoms. The maximum atomic E-state index is 11.8. The van der Waals surface area contributed by atoms with Crippen LogP contribution in [0, 0.1) is 13.8 Å². The molecule has 1 saturated heterocycles. The molecule has 2 heterocycles. The number of carbonyl (C=O) groups excluding carboxylic acids is 1. The minimum absolute atomic E-state index is 0.224. The van der Waals surface area contributed by atoms with Crippen molar-refractivity contribution in [1.82, 2.24) is 14.9 Å². The molecular formula is C20H27N5O2. The first-order valence-corrected chi connectivity index (χ1v) is 9.39. The van der Waals surface area contributed by atoms with Crippen molar-refractivity contribution in [1.29, 1.82) is 0 Å². The third-order valence-electron chi connectivity index (χ3n) is 4.68. The molecular weight excluding hydrogens is 342 g/mol. The van der Waals surface area contributed by atoms with Gasteiger partial charge in [-0.25, -0.2) is 14.8 Å². The average molecular weight is 369 g/mol. The second-order valence-corrected chi connectivity index (χ2v) is 6.84. The Kier molecular flexibility index (Phi) is 6.11. The van der Waals surface area contributed by atoms with Crippen molar-refractivity contribution in [2.75, 3.05) is 30.3 Å². The highest BCUT2D eigenvalue weighted by Crippen LogP contribution is 2.22. The van der Waals surface area contributed by atoms with Gasteiger partial charge in [-0.3, -0.25) is 0 Å². The van der Waals surface area contributed by atoms with E-state index < -0.39 is 0 Å². The van der Waals surface area contributed by atoms with E-state index in [1.54, 1.807) is 11.2 Å². The molecule has 2 N–H and O–H groups in total. The lowest BCUT2D eigenvalue weighted by atomic mass is 10.1. The third-order valence-corrected chi connectivity index (χ3v) is 4.68. The number of ether oxygens (including phenoxy) is 1. The molecule has 7 heteroatoms. The van der Waals surface area contributed by atoms with E-state index in [0.29, 0.717) is 19.7 Å². The predicted octanol–water partition coefficient (Wildman–Crippen LogP) is 3.87. The van der Waals surface area contributed by atoms with Crippen LogP contribution in [0.4, 0.5) is 22.1 Å². The highest BCUT2D eigenvalue weighted by molar-refractivity contribution is 5.67. The molecule has 2 aromatic rings. The maximum Gasteiger partial charge on any atom is 0.409 e. The van der Waals surface area contributed by atoms with Crippen molar-refractivity contribution in [2.45, 2.75) is 39.7 Å². The zero-order chi connectivity index (χ0) is 19.2. The van der Waals surface area contributed by atoms with Gasteiger partial charge in [-0.05, 0) is 45.2 Å². The summed E-state index contributed by atoms with van der Waals surface area (Å²) in [6.07, 6.45) is 3.06. The van der Waals surface area contributed by atoms with Crippen molar-refractivity contribution >= 4 is 23.4 Å². The van der Waals surface area contributed by atoms with Gasteiger partial charge in [0.1, 0.15) is 18.0 Å². The fourth-order valence-corrected chi connectivity index (χ4v) is 3.23. The molecule has 1 amide bonds. The summed E-state index contributed by atoms with van der Waals surface area (Å²) in [7, 11) is 0. The Morgan fingerprint density at radius 1 is 1.19 bits per heavy atom. The Morgan fingerprint density at radius 3 is 2.63 bits per heavy atom. The van der Waals surface area contributed by atoms with E-state index in [9.17, 15) is 4.79 Å². The number of aryl methyl sites for hydroxylation is 2. The highest BCUT2D eigenvalue weighted by atomic mass is 16.6. The zero-order valence-electron chi connectivity index (χ0n) is 16.2. The fourth-order valence-electron chi connectivity index (χ4n) is 3.23. The first-order chi connectivity index (χ1) is 13.0. The first-order valence-electron chi connectivity index (χ1n) is 9.39. The van der Waals surface area contributed by atoms with Gasteiger partial charge in [0.25, 0.3) is 0 Å². The molecule has 144 valence electrons. The molecule has 1 aromatic heterocycles. The quantitative estimate of drug-likeness (QED) is 0.833. The first kappa shape index (κ1) is 18.9. The molecule has 0 saturated carbocycles. The highest BCUT2D eigenvalue weighted by Gasteiger charge is 2.23. The van der Waals surface area contributed by atoms with E-state index in [2.05, 4.69) is 52.6 Å². The average Bonchev–Trinajstić information content (AvgIpc) is 2.65. The van der Waals surface area contributed by atoms with Crippen LogP contribution in [0.25, 0.3) is 0 Å². The summed E-state index contributed by atoms with van der Waals surface area (Å²) in [5, 5.41) is 6.80. The minimum atomic E-state index is -0.224. The van der Waals surface area contributed by atoms with E-state index in [1.165, 1.54) is 11.1 Å². The van der Waals surface area contributed by atoms with Crippen LogP contribution < -0.4 is 10.6 Å². The minimum Gasteiger partial charge on any atom is -0.450 e. The number of hydrogen-bond donors (Lipinski definition) is 2. The van der Waals surface area contributed by atoms with E-state index in [0.717, 1.165) is 30.2 Å².